The van der Waals surface area contributed by atoms with Gasteiger partial charge >= 0.3 is 0 Å². The second-order valence-electron chi connectivity index (χ2n) is 14.8. The summed E-state index contributed by atoms with van der Waals surface area (Å²) < 4.78 is 32.5. The SMILES string of the molecule is CCCCCCCCCC/C=C/CC/C=C/CC/C=C/C(O)C(CS(=O)(=O)O)NC(=O)C(O)CCCCCCCCCCCCCCCCCC. The van der Waals surface area contributed by atoms with Gasteiger partial charge in [-0.1, -0.05) is 198 Å². The van der Waals surface area contributed by atoms with Crippen molar-refractivity contribution in [3.05, 3.63) is 36.5 Å². The molecule has 3 unspecified atom stereocenters. The van der Waals surface area contributed by atoms with E-state index in [1.165, 1.54) is 134 Å². The van der Waals surface area contributed by atoms with Crippen molar-refractivity contribution >= 4 is 16.0 Å². The number of aliphatic hydroxyl groups is 2. The maximum Gasteiger partial charge on any atom is 0.267 e. The highest BCUT2D eigenvalue weighted by atomic mass is 32.2. The molecule has 51 heavy (non-hydrogen) atoms. The van der Waals surface area contributed by atoms with Crippen LogP contribution in [0.3, 0.4) is 0 Å². The third-order valence-corrected chi connectivity index (χ3v) is 10.4. The molecule has 0 fully saturated rings. The summed E-state index contributed by atoms with van der Waals surface area (Å²) in [6.07, 6.45) is 44.8. The lowest BCUT2D eigenvalue weighted by Crippen LogP contribution is -2.50. The smallest absolute Gasteiger partial charge is 0.267 e. The molecular weight excluding hydrogens is 659 g/mol. The van der Waals surface area contributed by atoms with Crippen LogP contribution in [0.15, 0.2) is 36.5 Å². The summed E-state index contributed by atoms with van der Waals surface area (Å²) >= 11 is 0. The van der Waals surface area contributed by atoms with E-state index in [4.69, 9.17) is 0 Å². The van der Waals surface area contributed by atoms with Crippen LogP contribution in [0.2, 0.25) is 0 Å². The van der Waals surface area contributed by atoms with E-state index in [9.17, 15) is 28.0 Å². The number of hydrogen-bond donors (Lipinski definition) is 4. The minimum absolute atomic E-state index is 0.274. The topological polar surface area (TPSA) is 124 Å². The first-order chi connectivity index (χ1) is 24.7. The number of amides is 1. The zero-order valence-electron chi connectivity index (χ0n) is 33.1. The van der Waals surface area contributed by atoms with Gasteiger partial charge in [0.25, 0.3) is 10.1 Å². The lowest BCUT2D eigenvalue weighted by molar-refractivity contribution is -0.130. The van der Waals surface area contributed by atoms with Crippen LogP contribution in [0.4, 0.5) is 0 Å². The summed E-state index contributed by atoms with van der Waals surface area (Å²) in [5.41, 5.74) is 0. The van der Waals surface area contributed by atoms with E-state index in [2.05, 4.69) is 43.5 Å². The fourth-order valence-electron chi connectivity index (χ4n) is 6.37. The van der Waals surface area contributed by atoms with Gasteiger partial charge in [-0.2, -0.15) is 8.42 Å². The van der Waals surface area contributed by atoms with Gasteiger partial charge in [-0.15, -0.1) is 0 Å². The fraction of sp³-hybridized carbons (Fsp3) is 0.837. The zero-order chi connectivity index (χ0) is 37.7. The van der Waals surface area contributed by atoms with Crippen LogP contribution in [0.5, 0.6) is 0 Å². The van der Waals surface area contributed by atoms with Crippen molar-refractivity contribution in [3.8, 4) is 0 Å². The number of nitrogens with one attached hydrogen (secondary N) is 1. The normalized spacial score (nSPS) is 14.2. The number of carbonyl (C=O) groups excluding carboxylic acids is 1. The summed E-state index contributed by atoms with van der Waals surface area (Å²) in [6, 6.07) is -1.25. The van der Waals surface area contributed by atoms with Crippen LogP contribution in [0.25, 0.3) is 0 Å². The van der Waals surface area contributed by atoms with Gasteiger partial charge in [-0.25, -0.2) is 0 Å². The summed E-state index contributed by atoms with van der Waals surface area (Å²) in [5, 5.41) is 23.4. The van der Waals surface area contributed by atoms with Crippen molar-refractivity contribution in [3.63, 3.8) is 0 Å². The highest BCUT2D eigenvalue weighted by Gasteiger charge is 2.27. The minimum Gasteiger partial charge on any atom is -0.387 e. The molecule has 0 rings (SSSR count). The van der Waals surface area contributed by atoms with Crippen LogP contribution in [0.1, 0.15) is 206 Å². The molecule has 0 saturated carbocycles. The van der Waals surface area contributed by atoms with Gasteiger partial charge in [0.1, 0.15) is 6.10 Å². The Kier molecular flexibility index (Phi) is 35.8. The average molecular weight is 740 g/mol. The van der Waals surface area contributed by atoms with Gasteiger partial charge in [-0.3, -0.25) is 9.35 Å². The molecule has 1 amide bonds. The number of rotatable bonds is 38. The summed E-state index contributed by atoms with van der Waals surface area (Å²) in [4.78, 5) is 12.6. The van der Waals surface area contributed by atoms with E-state index in [-0.39, 0.29) is 6.42 Å². The van der Waals surface area contributed by atoms with Crippen molar-refractivity contribution in [2.45, 2.75) is 225 Å². The largest absolute Gasteiger partial charge is 0.387 e. The average Bonchev–Trinajstić information content (AvgIpc) is 3.09. The van der Waals surface area contributed by atoms with E-state index >= 15 is 0 Å². The summed E-state index contributed by atoms with van der Waals surface area (Å²) in [6.45, 7) is 4.51. The minimum atomic E-state index is -4.45. The molecular formula is C43H81NO6S. The molecule has 8 heteroatoms. The lowest BCUT2D eigenvalue weighted by atomic mass is 10.0. The molecule has 0 spiro atoms. The van der Waals surface area contributed by atoms with Crippen LogP contribution < -0.4 is 5.32 Å². The first-order valence-electron chi connectivity index (χ1n) is 21.3. The van der Waals surface area contributed by atoms with Gasteiger partial charge in [0.05, 0.1) is 17.9 Å². The first-order valence-corrected chi connectivity index (χ1v) is 22.9. The van der Waals surface area contributed by atoms with E-state index in [1.807, 2.05) is 0 Å². The molecule has 0 heterocycles. The third-order valence-electron chi connectivity index (χ3n) is 9.65. The Morgan fingerprint density at radius 3 is 1.29 bits per heavy atom. The van der Waals surface area contributed by atoms with Crippen molar-refractivity contribution in [2.75, 3.05) is 5.75 Å². The van der Waals surface area contributed by atoms with Gasteiger partial charge in [-0.05, 0) is 44.9 Å². The Balaban J connectivity index is 4.09. The first kappa shape index (κ1) is 49.5. The quantitative estimate of drug-likeness (QED) is 0.0284. The van der Waals surface area contributed by atoms with Crippen LogP contribution in [-0.4, -0.2) is 53.1 Å². The molecule has 4 N–H and O–H groups in total. The molecule has 7 nitrogen and oxygen atoms in total. The molecule has 0 bridgehead atoms. The van der Waals surface area contributed by atoms with E-state index < -0.39 is 40.0 Å². The summed E-state index contributed by atoms with van der Waals surface area (Å²) in [7, 11) is -4.45. The van der Waals surface area contributed by atoms with Gasteiger partial charge in [0.2, 0.25) is 5.91 Å². The molecule has 3 atom stereocenters. The van der Waals surface area contributed by atoms with E-state index in [1.54, 1.807) is 6.08 Å². The van der Waals surface area contributed by atoms with Crippen molar-refractivity contribution < 1.29 is 28.0 Å². The van der Waals surface area contributed by atoms with Crippen molar-refractivity contribution in [1.82, 2.24) is 5.32 Å². The molecule has 0 radical (unpaired) electrons. The van der Waals surface area contributed by atoms with Gasteiger partial charge in [0, 0.05) is 0 Å². The molecule has 0 aliphatic heterocycles. The van der Waals surface area contributed by atoms with Crippen LogP contribution in [-0.2, 0) is 14.9 Å². The maximum absolute atomic E-state index is 12.6. The number of allylic oxidation sites excluding steroid dienone is 5. The Bertz CT molecular complexity index is 964. The lowest BCUT2D eigenvalue weighted by Gasteiger charge is -2.22. The predicted molar refractivity (Wildman–Crippen MR) is 218 cm³/mol. The highest BCUT2D eigenvalue weighted by molar-refractivity contribution is 7.85. The second-order valence-corrected chi connectivity index (χ2v) is 16.2. The maximum atomic E-state index is 12.6. The van der Waals surface area contributed by atoms with E-state index in [0.29, 0.717) is 12.8 Å². The number of aliphatic hydroxyl groups excluding tert-OH is 2. The van der Waals surface area contributed by atoms with Crippen molar-refractivity contribution in [1.29, 1.82) is 0 Å². The Hall–Kier alpha value is -1.48. The molecule has 0 saturated heterocycles. The van der Waals surface area contributed by atoms with Crippen LogP contribution >= 0.6 is 0 Å². The Labute approximate surface area is 315 Å². The molecule has 0 aromatic heterocycles. The molecule has 0 aromatic rings. The zero-order valence-corrected chi connectivity index (χ0v) is 33.9. The number of carbonyl (C=O) groups is 1. The molecule has 0 aliphatic rings. The van der Waals surface area contributed by atoms with Gasteiger partial charge < -0.3 is 15.5 Å². The second kappa shape index (κ2) is 36.9. The fourth-order valence-corrected chi connectivity index (χ4v) is 7.10. The third kappa shape index (κ3) is 36.7. The molecule has 300 valence electrons. The van der Waals surface area contributed by atoms with Crippen molar-refractivity contribution in [2.24, 2.45) is 0 Å². The monoisotopic (exact) mass is 740 g/mol. The van der Waals surface area contributed by atoms with Crippen LogP contribution in [0, 0.1) is 0 Å². The standard InChI is InChI=1S/C43H81NO6S/c1-3-5-7-9-11-13-15-17-19-21-22-24-25-27-29-31-33-35-37-41(45)40(39-51(48,49)50)44-43(47)42(46)38-36-34-32-30-28-26-23-20-18-16-14-12-10-8-6-4-2/h21-22,27,29,35,37,40-42,45-46H,3-20,23-26,28,30-34,36,38-39H2,1-2H3,(H,44,47)(H,48,49,50)/b22-21+,29-27+,37-35+. The number of hydrogen-bond acceptors (Lipinski definition) is 5. The highest BCUT2D eigenvalue weighted by Crippen LogP contribution is 2.15. The van der Waals surface area contributed by atoms with E-state index in [0.717, 1.165) is 44.9 Å². The molecule has 0 aromatic carbocycles. The predicted octanol–water partition coefficient (Wildman–Crippen LogP) is 11.5. The summed E-state index contributed by atoms with van der Waals surface area (Å²) in [5.74, 6) is -1.56. The Morgan fingerprint density at radius 1 is 0.529 bits per heavy atom. The molecule has 0 aliphatic carbocycles. The number of unbranched alkanes of at least 4 members (excludes halogenated alkanes) is 25. The Morgan fingerprint density at radius 2 is 0.882 bits per heavy atom. The van der Waals surface area contributed by atoms with Gasteiger partial charge in [0.15, 0.2) is 0 Å².